The van der Waals surface area contributed by atoms with E-state index in [9.17, 15) is 4.79 Å². The SMILES string of the molecule is CCc1nc(CN2CCC(C)(C(=O)O)CC2)no1. The highest BCUT2D eigenvalue weighted by molar-refractivity contribution is 5.74. The quantitative estimate of drug-likeness (QED) is 0.871. The summed E-state index contributed by atoms with van der Waals surface area (Å²) in [6, 6.07) is 0. The number of carboxylic acid groups (broad SMARTS) is 1. The van der Waals surface area contributed by atoms with E-state index < -0.39 is 11.4 Å². The van der Waals surface area contributed by atoms with Gasteiger partial charge in [-0.05, 0) is 32.9 Å². The van der Waals surface area contributed by atoms with Crippen LogP contribution in [0.2, 0.25) is 0 Å². The highest BCUT2D eigenvalue weighted by Gasteiger charge is 2.36. The number of carbonyl (C=O) groups is 1. The molecule has 1 aromatic heterocycles. The number of rotatable bonds is 4. The van der Waals surface area contributed by atoms with Crippen molar-refractivity contribution in [1.82, 2.24) is 15.0 Å². The molecule has 0 unspecified atom stereocenters. The average molecular weight is 253 g/mol. The van der Waals surface area contributed by atoms with E-state index in [-0.39, 0.29) is 0 Å². The smallest absolute Gasteiger partial charge is 0.309 e. The Kier molecular flexibility index (Phi) is 3.65. The van der Waals surface area contributed by atoms with E-state index in [0.717, 1.165) is 19.5 Å². The monoisotopic (exact) mass is 253 g/mol. The Labute approximate surface area is 106 Å². The number of aromatic nitrogens is 2. The summed E-state index contributed by atoms with van der Waals surface area (Å²) in [5.74, 6) is 0.637. The minimum atomic E-state index is -0.699. The van der Waals surface area contributed by atoms with Crippen molar-refractivity contribution in [2.75, 3.05) is 13.1 Å². The molecule has 2 heterocycles. The van der Waals surface area contributed by atoms with Crippen LogP contribution in [0.3, 0.4) is 0 Å². The Morgan fingerprint density at radius 3 is 2.67 bits per heavy atom. The molecule has 1 N–H and O–H groups in total. The Bertz CT molecular complexity index is 422. The van der Waals surface area contributed by atoms with Gasteiger partial charge in [-0.2, -0.15) is 4.98 Å². The topological polar surface area (TPSA) is 79.5 Å². The molecule has 100 valence electrons. The predicted molar refractivity (Wildman–Crippen MR) is 63.9 cm³/mol. The number of piperidine rings is 1. The van der Waals surface area contributed by atoms with Crippen LogP contribution >= 0.6 is 0 Å². The molecule has 0 atom stereocenters. The average Bonchev–Trinajstić information content (AvgIpc) is 2.80. The van der Waals surface area contributed by atoms with Gasteiger partial charge in [-0.25, -0.2) is 0 Å². The molecule has 1 saturated heterocycles. The number of aliphatic carboxylic acids is 1. The third kappa shape index (κ3) is 2.69. The lowest BCUT2D eigenvalue weighted by atomic mass is 9.80. The van der Waals surface area contributed by atoms with E-state index in [0.29, 0.717) is 31.1 Å². The van der Waals surface area contributed by atoms with Crippen molar-refractivity contribution < 1.29 is 14.4 Å². The fourth-order valence-corrected chi connectivity index (χ4v) is 2.12. The van der Waals surface area contributed by atoms with Crippen LogP contribution in [0, 0.1) is 5.41 Å². The molecule has 1 aromatic rings. The van der Waals surface area contributed by atoms with Crippen LogP contribution in [0.5, 0.6) is 0 Å². The number of carboxylic acids is 1. The second-order valence-electron chi connectivity index (χ2n) is 5.10. The molecule has 6 heteroatoms. The second-order valence-corrected chi connectivity index (χ2v) is 5.10. The summed E-state index contributed by atoms with van der Waals surface area (Å²) in [6.45, 7) is 5.95. The molecule has 1 fully saturated rings. The molecule has 0 bridgehead atoms. The van der Waals surface area contributed by atoms with Gasteiger partial charge in [0.15, 0.2) is 5.82 Å². The molecule has 0 aliphatic carbocycles. The summed E-state index contributed by atoms with van der Waals surface area (Å²) in [6.07, 6.45) is 2.08. The van der Waals surface area contributed by atoms with Crippen molar-refractivity contribution in [2.24, 2.45) is 5.41 Å². The van der Waals surface area contributed by atoms with Gasteiger partial charge in [-0.1, -0.05) is 12.1 Å². The highest BCUT2D eigenvalue weighted by Crippen LogP contribution is 2.31. The standard InChI is InChI=1S/C12H19N3O3/c1-3-10-13-9(14-18-10)8-15-6-4-12(2,5-7-15)11(16)17/h3-8H2,1-2H3,(H,16,17). The maximum absolute atomic E-state index is 11.1. The molecule has 1 aliphatic rings. The summed E-state index contributed by atoms with van der Waals surface area (Å²) in [5.41, 5.74) is -0.581. The molecule has 0 aromatic carbocycles. The Morgan fingerprint density at radius 2 is 2.17 bits per heavy atom. The van der Waals surface area contributed by atoms with Crippen molar-refractivity contribution in [1.29, 1.82) is 0 Å². The van der Waals surface area contributed by atoms with Crippen LogP contribution in [-0.4, -0.2) is 39.2 Å². The maximum Gasteiger partial charge on any atom is 0.309 e. The summed E-state index contributed by atoms with van der Waals surface area (Å²) in [7, 11) is 0. The molecular formula is C12H19N3O3. The number of likely N-dealkylation sites (tertiary alicyclic amines) is 1. The van der Waals surface area contributed by atoms with Gasteiger partial charge in [0.05, 0.1) is 12.0 Å². The van der Waals surface area contributed by atoms with E-state index in [1.165, 1.54) is 0 Å². The zero-order chi connectivity index (χ0) is 13.2. The third-order valence-electron chi connectivity index (χ3n) is 3.65. The van der Waals surface area contributed by atoms with Crippen molar-refractivity contribution in [3.63, 3.8) is 0 Å². The highest BCUT2D eigenvalue weighted by atomic mass is 16.5. The van der Waals surface area contributed by atoms with Gasteiger partial charge in [0.2, 0.25) is 5.89 Å². The first-order valence-corrected chi connectivity index (χ1v) is 6.31. The van der Waals surface area contributed by atoms with Crippen molar-refractivity contribution in [3.8, 4) is 0 Å². The van der Waals surface area contributed by atoms with Gasteiger partial charge in [0.1, 0.15) is 0 Å². The molecule has 0 radical (unpaired) electrons. The first kappa shape index (κ1) is 13.0. The first-order valence-electron chi connectivity index (χ1n) is 6.31. The molecule has 18 heavy (non-hydrogen) atoms. The molecule has 6 nitrogen and oxygen atoms in total. The van der Waals surface area contributed by atoms with E-state index >= 15 is 0 Å². The van der Waals surface area contributed by atoms with Crippen molar-refractivity contribution in [2.45, 2.75) is 39.7 Å². The summed E-state index contributed by atoms with van der Waals surface area (Å²) >= 11 is 0. The molecule has 0 saturated carbocycles. The Morgan fingerprint density at radius 1 is 1.50 bits per heavy atom. The lowest BCUT2D eigenvalue weighted by molar-refractivity contribution is -0.150. The zero-order valence-corrected chi connectivity index (χ0v) is 10.8. The van der Waals surface area contributed by atoms with Crippen LogP contribution in [0.15, 0.2) is 4.52 Å². The Hall–Kier alpha value is -1.43. The third-order valence-corrected chi connectivity index (χ3v) is 3.65. The van der Waals surface area contributed by atoms with Crippen LogP contribution in [-0.2, 0) is 17.8 Å². The molecule has 1 aliphatic heterocycles. The first-order chi connectivity index (χ1) is 8.53. The molecule has 2 rings (SSSR count). The minimum absolute atomic E-state index is 0.581. The number of hydrogen-bond donors (Lipinski definition) is 1. The van der Waals surface area contributed by atoms with Crippen LogP contribution in [0.25, 0.3) is 0 Å². The Balaban J connectivity index is 1.89. The summed E-state index contributed by atoms with van der Waals surface area (Å²) < 4.78 is 5.05. The van der Waals surface area contributed by atoms with Crippen molar-refractivity contribution >= 4 is 5.97 Å². The fraction of sp³-hybridized carbons (Fsp3) is 0.750. The van der Waals surface area contributed by atoms with Crippen LogP contribution < -0.4 is 0 Å². The van der Waals surface area contributed by atoms with E-state index in [1.54, 1.807) is 0 Å². The van der Waals surface area contributed by atoms with Gasteiger partial charge in [-0.15, -0.1) is 0 Å². The van der Waals surface area contributed by atoms with E-state index in [4.69, 9.17) is 9.63 Å². The van der Waals surface area contributed by atoms with Crippen LogP contribution in [0.4, 0.5) is 0 Å². The van der Waals surface area contributed by atoms with Gasteiger partial charge in [0, 0.05) is 6.42 Å². The second kappa shape index (κ2) is 5.06. The summed E-state index contributed by atoms with van der Waals surface area (Å²) in [4.78, 5) is 17.6. The lowest BCUT2D eigenvalue weighted by Gasteiger charge is -2.35. The minimum Gasteiger partial charge on any atom is -0.481 e. The fourth-order valence-electron chi connectivity index (χ4n) is 2.12. The summed E-state index contributed by atoms with van der Waals surface area (Å²) in [5, 5.41) is 13.1. The molecular weight excluding hydrogens is 234 g/mol. The van der Waals surface area contributed by atoms with Gasteiger partial charge >= 0.3 is 5.97 Å². The number of hydrogen-bond acceptors (Lipinski definition) is 5. The van der Waals surface area contributed by atoms with E-state index in [1.807, 2.05) is 13.8 Å². The lowest BCUT2D eigenvalue weighted by Crippen LogP contribution is -2.42. The maximum atomic E-state index is 11.1. The van der Waals surface area contributed by atoms with Gasteiger partial charge in [-0.3, -0.25) is 9.69 Å². The van der Waals surface area contributed by atoms with Gasteiger partial charge < -0.3 is 9.63 Å². The van der Waals surface area contributed by atoms with E-state index in [2.05, 4.69) is 15.0 Å². The van der Waals surface area contributed by atoms with Crippen LogP contribution in [0.1, 0.15) is 38.4 Å². The predicted octanol–water partition coefficient (Wildman–Crippen LogP) is 1.32. The van der Waals surface area contributed by atoms with Crippen molar-refractivity contribution in [3.05, 3.63) is 11.7 Å². The largest absolute Gasteiger partial charge is 0.481 e. The number of nitrogens with zero attached hydrogens (tertiary/aromatic N) is 3. The zero-order valence-electron chi connectivity index (χ0n) is 10.8. The molecule has 0 spiro atoms. The molecule has 0 amide bonds. The van der Waals surface area contributed by atoms with Gasteiger partial charge in [0.25, 0.3) is 0 Å². The number of aryl methyl sites for hydroxylation is 1. The normalized spacial score (nSPS) is 19.9.